The van der Waals surface area contributed by atoms with Gasteiger partial charge in [-0.05, 0) is 38.5 Å². The molecule has 7 heteroatoms. The molecule has 1 atom stereocenters. The normalized spacial score (nSPS) is 12.0. The molecule has 0 heterocycles. The topological polar surface area (TPSA) is 93.7 Å². The lowest BCUT2D eigenvalue weighted by molar-refractivity contribution is -0.145. The second-order valence-electron chi connectivity index (χ2n) is 6.52. The largest absolute Gasteiger partial charge is 0.467 e. The van der Waals surface area contributed by atoms with E-state index in [1.54, 1.807) is 52.0 Å². The average Bonchev–Trinajstić information content (AvgIpc) is 2.53. The fourth-order valence-electron chi connectivity index (χ4n) is 2.01. The zero-order chi connectivity index (χ0) is 19.0. The molecule has 2 amide bonds. The van der Waals surface area contributed by atoms with Crippen LogP contribution in [-0.2, 0) is 25.5 Å². The van der Waals surface area contributed by atoms with Gasteiger partial charge in [0, 0.05) is 18.5 Å². The first-order valence-corrected chi connectivity index (χ1v) is 8.10. The number of hydrogen-bond donors (Lipinski definition) is 2. The van der Waals surface area contributed by atoms with Crippen molar-refractivity contribution in [1.29, 1.82) is 0 Å². The minimum absolute atomic E-state index is 0.224. The van der Waals surface area contributed by atoms with Crippen LogP contribution in [0.15, 0.2) is 24.3 Å². The van der Waals surface area contributed by atoms with Crippen molar-refractivity contribution in [2.75, 3.05) is 12.4 Å². The molecule has 0 saturated carbocycles. The number of nitrogens with one attached hydrogen (secondary N) is 2. The van der Waals surface area contributed by atoms with Crippen molar-refractivity contribution in [3.8, 4) is 0 Å². The number of esters is 1. The van der Waals surface area contributed by atoms with E-state index in [2.05, 4.69) is 10.6 Å². The van der Waals surface area contributed by atoms with E-state index in [1.165, 1.54) is 7.11 Å². The van der Waals surface area contributed by atoms with Crippen molar-refractivity contribution in [2.45, 2.75) is 52.2 Å². The molecule has 0 saturated heterocycles. The van der Waals surface area contributed by atoms with Gasteiger partial charge in [0.1, 0.15) is 11.6 Å². The zero-order valence-corrected chi connectivity index (χ0v) is 15.3. The second kappa shape index (κ2) is 9.05. The maximum absolute atomic E-state index is 11.8. The van der Waals surface area contributed by atoms with E-state index in [9.17, 15) is 14.4 Å². The Kier molecular flexibility index (Phi) is 7.42. The molecule has 138 valence electrons. The summed E-state index contributed by atoms with van der Waals surface area (Å²) in [4.78, 5) is 35.1. The van der Waals surface area contributed by atoms with Crippen LogP contribution in [0.25, 0.3) is 0 Å². The van der Waals surface area contributed by atoms with Gasteiger partial charge in [-0.25, -0.2) is 9.59 Å². The zero-order valence-electron chi connectivity index (χ0n) is 15.3. The first-order valence-electron chi connectivity index (χ1n) is 8.10. The summed E-state index contributed by atoms with van der Waals surface area (Å²) < 4.78 is 9.91. The quantitative estimate of drug-likeness (QED) is 0.769. The molecule has 25 heavy (non-hydrogen) atoms. The highest BCUT2D eigenvalue weighted by atomic mass is 16.6. The van der Waals surface area contributed by atoms with Gasteiger partial charge in [0.05, 0.1) is 7.11 Å². The van der Waals surface area contributed by atoms with Gasteiger partial charge in [-0.2, -0.15) is 0 Å². The summed E-state index contributed by atoms with van der Waals surface area (Å²) in [6.07, 6.45) is 0.0417. The first kappa shape index (κ1) is 20.5. The number of hydrogen-bond acceptors (Lipinski definition) is 5. The Hall–Kier alpha value is -2.57. The third-order valence-corrected chi connectivity index (χ3v) is 3.18. The molecule has 1 aromatic rings. The molecular formula is C18H26N2O5. The fraction of sp³-hybridized carbons (Fsp3) is 0.500. The third-order valence-electron chi connectivity index (χ3n) is 3.18. The van der Waals surface area contributed by atoms with Gasteiger partial charge in [-0.15, -0.1) is 0 Å². The van der Waals surface area contributed by atoms with Crippen molar-refractivity contribution in [1.82, 2.24) is 5.32 Å². The highest BCUT2D eigenvalue weighted by molar-refractivity contribution is 5.85. The van der Waals surface area contributed by atoms with Gasteiger partial charge in [0.2, 0.25) is 5.91 Å². The first-order chi connectivity index (χ1) is 11.6. The van der Waals surface area contributed by atoms with Gasteiger partial charge in [-0.3, -0.25) is 10.1 Å². The molecule has 0 bridgehead atoms. The monoisotopic (exact) mass is 350 g/mol. The van der Waals surface area contributed by atoms with Crippen LogP contribution in [-0.4, -0.2) is 36.7 Å². The summed E-state index contributed by atoms with van der Waals surface area (Å²) in [6, 6.07) is 6.19. The van der Waals surface area contributed by atoms with E-state index in [1.807, 2.05) is 0 Å². The Morgan fingerprint density at radius 3 is 2.20 bits per heavy atom. The van der Waals surface area contributed by atoms with Gasteiger partial charge < -0.3 is 14.8 Å². The summed E-state index contributed by atoms with van der Waals surface area (Å²) >= 11 is 0. The van der Waals surface area contributed by atoms with Crippen LogP contribution < -0.4 is 10.6 Å². The Morgan fingerprint density at radius 1 is 1.12 bits per heavy atom. The molecular weight excluding hydrogens is 324 g/mol. The molecule has 0 fully saturated rings. The maximum atomic E-state index is 11.8. The standard InChI is InChI=1S/C18H26N2O5/c1-6-15(21)20-14(16(22)24-5)11-12-7-9-13(10-8-12)19-17(23)25-18(2,3)4/h7-10,14H,6,11H2,1-5H3,(H,19,23)(H,20,21)/t14-/m1/s1. The predicted molar refractivity (Wildman–Crippen MR) is 94.2 cm³/mol. The molecule has 7 nitrogen and oxygen atoms in total. The number of ether oxygens (including phenoxy) is 2. The van der Waals surface area contributed by atoms with Crippen LogP contribution in [0.4, 0.5) is 10.5 Å². The Bertz CT molecular complexity index is 605. The van der Waals surface area contributed by atoms with Crippen LogP contribution >= 0.6 is 0 Å². The van der Waals surface area contributed by atoms with Gasteiger partial charge in [0.25, 0.3) is 0 Å². The van der Waals surface area contributed by atoms with E-state index < -0.39 is 23.7 Å². The molecule has 0 unspecified atom stereocenters. The average molecular weight is 350 g/mol. The lowest BCUT2D eigenvalue weighted by atomic mass is 10.1. The number of anilines is 1. The summed E-state index contributed by atoms with van der Waals surface area (Å²) in [5.74, 6) is -0.726. The van der Waals surface area contributed by atoms with Crippen LogP contribution in [0, 0.1) is 0 Å². The van der Waals surface area contributed by atoms with Crippen LogP contribution in [0.3, 0.4) is 0 Å². The number of rotatable bonds is 6. The molecule has 1 aromatic carbocycles. The minimum atomic E-state index is -0.748. The highest BCUT2D eigenvalue weighted by Gasteiger charge is 2.21. The Labute approximate surface area is 148 Å². The summed E-state index contributed by atoms with van der Waals surface area (Å²) in [7, 11) is 1.28. The second-order valence-corrected chi connectivity index (χ2v) is 6.52. The van der Waals surface area contributed by atoms with Gasteiger partial charge >= 0.3 is 12.1 Å². The Balaban J connectivity index is 2.72. The lowest BCUT2D eigenvalue weighted by Crippen LogP contribution is -2.42. The van der Waals surface area contributed by atoms with Crippen LogP contribution in [0.1, 0.15) is 39.7 Å². The fourth-order valence-corrected chi connectivity index (χ4v) is 2.01. The third kappa shape index (κ3) is 7.69. The smallest absolute Gasteiger partial charge is 0.412 e. The molecule has 0 aliphatic carbocycles. The van der Waals surface area contributed by atoms with Crippen molar-refractivity contribution < 1.29 is 23.9 Å². The van der Waals surface area contributed by atoms with Gasteiger partial charge in [0.15, 0.2) is 0 Å². The highest BCUT2D eigenvalue weighted by Crippen LogP contribution is 2.14. The minimum Gasteiger partial charge on any atom is -0.467 e. The van der Waals surface area contributed by atoms with Crippen molar-refractivity contribution in [3.05, 3.63) is 29.8 Å². The number of benzene rings is 1. The molecule has 0 aliphatic heterocycles. The van der Waals surface area contributed by atoms with Gasteiger partial charge in [-0.1, -0.05) is 19.1 Å². The van der Waals surface area contributed by atoms with E-state index in [0.29, 0.717) is 12.1 Å². The summed E-state index contributed by atoms with van der Waals surface area (Å²) in [5.41, 5.74) is 0.821. The summed E-state index contributed by atoms with van der Waals surface area (Å²) in [6.45, 7) is 7.06. The van der Waals surface area contributed by atoms with E-state index in [-0.39, 0.29) is 12.3 Å². The van der Waals surface area contributed by atoms with Crippen molar-refractivity contribution >= 4 is 23.7 Å². The SMILES string of the molecule is CCC(=O)N[C@H](Cc1ccc(NC(=O)OC(C)(C)C)cc1)C(=O)OC. The molecule has 2 N–H and O–H groups in total. The van der Waals surface area contributed by atoms with Crippen LogP contribution in [0.2, 0.25) is 0 Å². The number of methoxy groups -OCH3 is 1. The molecule has 0 aromatic heterocycles. The van der Waals surface area contributed by atoms with Crippen molar-refractivity contribution in [3.63, 3.8) is 0 Å². The predicted octanol–water partition coefficient (Wildman–Crippen LogP) is 2.64. The van der Waals surface area contributed by atoms with Crippen LogP contribution in [0.5, 0.6) is 0 Å². The molecule has 0 spiro atoms. The Morgan fingerprint density at radius 2 is 1.72 bits per heavy atom. The molecule has 0 radical (unpaired) electrons. The number of amides is 2. The number of carbonyl (C=O) groups excluding carboxylic acids is 3. The summed E-state index contributed by atoms with van der Waals surface area (Å²) in [5, 5.41) is 5.27. The number of carbonyl (C=O) groups is 3. The van der Waals surface area contributed by atoms with Crippen molar-refractivity contribution in [2.24, 2.45) is 0 Å². The van der Waals surface area contributed by atoms with E-state index in [4.69, 9.17) is 9.47 Å². The van der Waals surface area contributed by atoms with E-state index >= 15 is 0 Å². The lowest BCUT2D eigenvalue weighted by Gasteiger charge is -2.20. The van der Waals surface area contributed by atoms with E-state index in [0.717, 1.165) is 5.56 Å². The molecule has 1 rings (SSSR count). The maximum Gasteiger partial charge on any atom is 0.412 e. The molecule has 0 aliphatic rings.